The van der Waals surface area contributed by atoms with Crippen LogP contribution in [0.3, 0.4) is 0 Å². The second-order valence-electron chi connectivity index (χ2n) is 16.8. The number of amides is 1. The van der Waals surface area contributed by atoms with Crippen molar-refractivity contribution in [3.05, 3.63) is 126 Å². The molecule has 10 heteroatoms. The molecule has 4 aromatic rings. The van der Waals surface area contributed by atoms with Gasteiger partial charge in [0.15, 0.2) is 0 Å². The molecule has 1 heterocycles. The minimum atomic E-state index is -1.14. The van der Waals surface area contributed by atoms with Gasteiger partial charge in [-0.15, -0.1) is 18.3 Å². The molecule has 0 spiro atoms. The van der Waals surface area contributed by atoms with E-state index in [4.69, 9.17) is 24.2 Å². The highest BCUT2D eigenvalue weighted by molar-refractivity contribution is 8.00. The number of rotatable bonds is 17. The number of fused-ring (bicyclic) bond motifs is 3. The van der Waals surface area contributed by atoms with E-state index >= 15 is 0 Å². The number of benzene rings is 4. The van der Waals surface area contributed by atoms with Gasteiger partial charge >= 0.3 is 6.09 Å². The third-order valence-electron chi connectivity index (χ3n) is 11.5. The van der Waals surface area contributed by atoms with Crippen LogP contribution in [0.1, 0.15) is 82.8 Å². The number of thioether (sulfide) groups is 1. The van der Waals surface area contributed by atoms with Crippen molar-refractivity contribution in [1.29, 1.82) is 0 Å². The molecule has 4 aromatic carbocycles. The van der Waals surface area contributed by atoms with Crippen LogP contribution in [0, 0.1) is 17.8 Å². The number of allylic oxidation sites excluding steroid dienone is 1. The van der Waals surface area contributed by atoms with Crippen molar-refractivity contribution >= 4 is 34.3 Å². The molecule has 6 unspecified atom stereocenters. The standard InChI is InChI=1S/C49H58N2O7S/c1-5-27-55-49-44(59-38-23-21-34-17-9-10-18-35(34)28-38)31-42(51-58-48(2,3)4)40-29-36(19-11-13-25-52)39(20-12-14-26-53)45(46(40)49)41-30-37(22-24-43(41)57-49)56-47(54)50-32-33-15-7-6-8-16-33/h5-10,15-18,21-24,28-30,36,39,44-46,52-53H,1,11-14,19-20,25-27,31-32H2,2-4H3,(H,50,54). The Bertz CT molecular complexity index is 2130. The molecule has 6 atom stereocenters. The third-order valence-corrected chi connectivity index (χ3v) is 12.8. The van der Waals surface area contributed by atoms with Crippen LogP contribution in [-0.2, 0) is 16.1 Å². The number of unbranched alkanes of at least 4 members (excludes halogenated alkanes) is 2. The minimum absolute atomic E-state index is 0.111. The van der Waals surface area contributed by atoms with Crippen molar-refractivity contribution in [2.24, 2.45) is 22.9 Å². The second kappa shape index (κ2) is 19.2. The lowest BCUT2D eigenvalue weighted by Gasteiger charge is -2.58. The fourth-order valence-corrected chi connectivity index (χ4v) is 10.3. The molecule has 9 nitrogen and oxygen atoms in total. The molecule has 1 amide bonds. The van der Waals surface area contributed by atoms with Gasteiger partial charge in [0.1, 0.15) is 17.1 Å². The fraction of sp³-hybridized carbons (Fsp3) is 0.429. The van der Waals surface area contributed by atoms with Gasteiger partial charge in [0.25, 0.3) is 0 Å². The highest BCUT2D eigenvalue weighted by Gasteiger charge is 2.64. The molecule has 0 saturated heterocycles. The predicted molar refractivity (Wildman–Crippen MR) is 235 cm³/mol. The average molecular weight is 819 g/mol. The number of nitrogens with zero attached hydrogens (tertiary/aromatic N) is 1. The summed E-state index contributed by atoms with van der Waals surface area (Å²) in [6, 6.07) is 30.3. The maximum Gasteiger partial charge on any atom is 0.412 e. The quantitative estimate of drug-likeness (QED) is 0.0548. The molecule has 3 aliphatic rings. The van der Waals surface area contributed by atoms with Crippen LogP contribution < -0.4 is 14.8 Å². The van der Waals surface area contributed by atoms with Crippen molar-refractivity contribution < 1.29 is 34.1 Å². The lowest BCUT2D eigenvalue weighted by Crippen LogP contribution is -2.64. The van der Waals surface area contributed by atoms with E-state index in [2.05, 4.69) is 60.4 Å². The largest absolute Gasteiger partial charge is 0.460 e. The van der Waals surface area contributed by atoms with Gasteiger partial charge in [-0.2, -0.15) is 0 Å². The molecule has 0 aromatic heterocycles. The predicted octanol–water partition coefficient (Wildman–Crippen LogP) is 10.4. The first kappa shape index (κ1) is 42.5. The molecule has 0 bridgehead atoms. The van der Waals surface area contributed by atoms with Gasteiger partial charge in [-0.25, -0.2) is 4.79 Å². The van der Waals surface area contributed by atoms with Gasteiger partial charge in [-0.05, 0) is 111 Å². The van der Waals surface area contributed by atoms with Crippen LogP contribution in [-0.4, -0.2) is 58.5 Å². The van der Waals surface area contributed by atoms with E-state index in [1.54, 1.807) is 23.9 Å². The summed E-state index contributed by atoms with van der Waals surface area (Å²) in [4.78, 5) is 20.6. The van der Waals surface area contributed by atoms with E-state index < -0.39 is 17.5 Å². The SMILES string of the molecule is C=CCOC12Oc3ccc(OC(=O)NCc4ccccc4)cc3C3C(CCCCO)C(CCCCO)C=C(C(=NOC(C)(C)C)CC1Sc1ccc4ccccc4c1)C32. The first-order valence-corrected chi connectivity index (χ1v) is 21.9. The zero-order chi connectivity index (χ0) is 41.4. The lowest BCUT2D eigenvalue weighted by atomic mass is 9.56. The van der Waals surface area contributed by atoms with Gasteiger partial charge in [0, 0.05) is 42.6 Å². The van der Waals surface area contributed by atoms with E-state index in [0.717, 1.165) is 58.4 Å². The van der Waals surface area contributed by atoms with Gasteiger partial charge in [0.05, 0.1) is 23.5 Å². The van der Waals surface area contributed by atoms with Gasteiger partial charge in [0.2, 0.25) is 5.79 Å². The lowest BCUT2D eigenvalue weighted by molar-refractivity contribution is -0.223. The molecule has 7 rings (SSSR count). The van der Waals surface area contributed by atoms with E-state index in [1.807, 2.05) is 63.2 Å². The Hall–Kier alpha value is -4.61. The summed E-state index contributed by atoms with van der Waals surface area (Å²) in [5.74, 6) is -0.262. The molecule has 2 aliphatic carbocycles. The van der Waals surface area contributed by atoms with E-state index in [1.165, 1.54) is 5.39 Å². The maximum atomic E-state index is 13.2. The number of hydrogen-bond acceptors (Lipinski definition) is 9. The molecule has 1 fully saturated rings. The third kappa shape index (κ3) is 9.89. The van der Waals surface area contributed by atoms with Crippen molar-refractivity contribution in [2.75, 3.05) is 19.8 Å². The van der Waals surface area contributed by atoms with Crippen LogP contribution in [0.15, 0.2) is 125 Å². The van der Waals surface area contributed by atoms with Crippen LogP contribution in [0.2, 0.25) is 0 Å². The minimum Gasteiger partial charge on any atom is -0.460 e. The van der Waals surface area contributed by atoms with Crippen LogP contribution in [0.25, 0.3) is 10.8 Å². The van der Waals surface area contributed by atoms with E-state index in [-0.39, 0.29) is 48.7 Å². The Labute approximate surface area is 352 Å². The summed E-state index contributed by atoms with van der Waals surface area (Å²) in [5.41, 5.74) is 3.31. The Morgan fingerprint density at radius 2 is 1.69 bits per heavy atom. The van der Waals surface area contributed by atoms with Crippen molar-refractivity contribution in [1.82, 2.24) is 5.32 Å². The van der Waals surface area contributed by atoms with Crippen molar-refractivity contribution in [3.8, 4) is 11.5 Å². The van der Waals surface area contributed by atoms with Gasteiger partial charge in [-0.1, -0.05) is 90.8 Å². The molecule has 1 saturated carbocycles. The number of aliphatic hydroxyl groups is 2. The summed E-state index contributed by atoms with van der Waals surface area (Å²) in [7, 11) is 0. The number of carbonyl (C=O) groups excluding carboxylic acids is 1. The van der Waals surface area contributed by atoms with E-state index in [9.17, 15) is 15.0 Å². The number of aliphatic hydroxyl groups excluding tert-OH is 2. The molecule has 0 radical (unpaired) electrons. The Morgan fingerprint density at radius 3 is 2.44 bits per heavy atom. The molecule has 3 N–H and O–H groups in total. The average Bonchev–Trinajstić information content (AvgIpc) is 3.23. The number of oxime groups is 1. The van der Waals surface area contributed by atoms with Crippen LogP contribution in [0.4, 0.5) is 4.79 Å². The summed E-state index contributed by atoms with van der Waals surface area (Å²) < 4.78 is 20.4. The van der Waals surface area contributed by atoms with Crippen LogP contribution in [0.5, 0.6) is 11.5 Å². The number of ether oxygens (including phenoxy) is 3. The second-order valence-corrected chi connectivity index (χ2v) is 18.1. The highest BCUT2D eigenvalue weighted by Crippen LogP contribution is 2.63. The first-order valence-electron chi connectivity index (χ1n) is 21.0. The number of hydrogen-bond donors (Lipinski definition) is 3. The van der Waals surface area contributed by atoms with Crippen molar-refractivity contribution in [2.45, 2.75) is 99.7 Å². The monoisotopic (exact) mass is 818 g/mol. The molecule has 1 aliphatic heterocycles. The molecule has 312 valence electrons. The highest BCUT2D eigenvalue weighted by atomic mass is 32.2. The fourth-order valence-electron chi connectivity index (χ4n) is 9.00. The zero-order valence-corrected chi connectivity index (χ0v) is 35.3. The topological polar surface area (TPSA) is 119 Å². The summed E-state index contributed by atoms with van der Waals surface area (Å²) >= 11 is 1.73. The number of nitrogens with one attached hydrogen (secondary N) is 1. The maximum absolute atomic E-state index is 13.2. The Morgan fingerprint density at radius 1 is 0.949 bits per heavy atom. The van der Waals surface area contributed by atoms with Crippen molar-refractivity contribution in [3.63, 3.8) is 0 Å². The zero-order valence-electron chi connectivity index (χ0n) is 34.5. The Kier molecular flexibility index (Phi) is 13.8. The molecule has 59 heavy (non-hydrogen) atoms. The summed E-state index contributed by atoms with van der Waals surface area (Å²) in [6.45, 7) is 10.9. The molecular formula is C49H58N2O7S. The van der Waals surface area contributed by atoms with Gasteiger partial charge in [-0.3, -0.25) is 0 Å². The van der Waals surface area contributed by atoms with Crippen LogP contribution >= 0.6 is 11.8 Å². The van der Waals surface area contributed by atoms with E-state index in [0.29, 0.717) is 37.3 Å². The Balaban J connectivity index is 1.37. The first-order chi connectivity index (χ1) is 28.6. The summed E-state index contributed by atoms with van der Waals surface area (Å²) in [6.07, 6.45) is 8.95. The van der Waals surface area contributed by atoms with Gasteiger partial charge < -0.3 is 34.6 Å². The normalized spacial score (nSPS) is 24.1. The molecular weight excluding hydrogens is 761 g/mol. The number of carbonyl (C=O) groups is 1. The smallest absolute Gasteiger partial charge is 0.412 e. The summed E-state index contributed by atoms with van der Waals surface area (Å²) in [5, 5.41) is 29.7.